The lowest BCUT2D eigenvalue weighted by Crippen LogP contribution is -2.21. The molecule has 1 heterocycles. The van der Waals surface area contributed by atoms with Crippen molar-refractivity contribution in [1.29, 1.82) is 0 Å². The predicted molar refractivity (Wildman–Crippen MR) is 63.7 cm³/mol. The van der Waals surface area contributed by atoms with Gasteiger partial charge in [-0.1, -0.05) is 11.8 Å². The topological polar surface area (TPSA) is 49.5 Å². The summed E-state index contributed by atoms with van der Waals surface area (Å²) in [7, 11) is 1.98. The minimum atomic E-state index is 0.186. The third-order valence-electron chi connectivity index (χ3n) is 1.97. The van der Waals surface area contributed by atoms with Gasteiger partial charge in [-0.25, -0.2) is 0 Å². The molecule has 1 rings (SSSR count). The fraction of sp³-hybridized carbons (Fsp3) is 0.455. The predicted octanol–water partition coefficient (Wildman–Crippen LogP) is 0.482. The highest BCUT2D eigenvalue weighted by atomic mass is 32.1. The van der Waals surface area contributed by atoms with E-state index < -0.39 is 0 Å². The molecule has 0 aromatic carbocycles. The van der Waals surface area contributed by atoms with Gasteiger partial charge < -0.3 is 10.8 Å². The average molecular weight is 224 g/mol. The highest BCUT2D eigenvalue weighted by Gasteiger charge is 2.05. The van der Waals surface area contributed by atoms with E-state index in [0.29, 0.717) is 13.1 Å². The van der Waals surface area contributed by atoms with Gasteiger partial charge in [0.25, 0.3) is 0 Å². The Hall–Kier alpha value is -0.860. The Morgan fingerprint density at radius 2 is 2.40 bits per heavy atom. The molecular weight excluding hydrogens is 208 g/mol. The van der Waals surface area contributed by atoms with Crippen LogP contribution in [0.25, 0.3) is 0 Å². The van der Waals surface area contributed by atoms with Crippen molar-refractivity contribution in [1.82, 2.24) is 4.90 Å². The lowest BCUT2D eigenvalue weighted by atomic mass is 10.2. The Labute approximate surface area is 94.5 Å². The summed E-state index contributed by atoms with van der Waals surface area (Å²) in [6.45, 7) is 2.09. The molecular formula is C11H16N2OS. The molecule has 0 unspecified atom stereocenters. The van der Waals surface area contributed by atoms with Crippen LogP contribution in [0.1, 0.15) is 10.4 Å². The van der Waals surface area contributed by atoms with Crippen LogP contribution in [0.4, 0.5) is 0 Å². The van der Waals surface area contributed by atoms with Crippen molar-refractivity contribution in [3.05, 3.63) is 21.9 Å². The summed E-state index contributed by atoms with van der Waals surface area (Å²) < 4.78 is 0. The van der Waals surface area contributed by atoms with Gasteiger partial charge in [0, 0.05) is 23.5 Å². The molecule has 0 fully saturated rings. The number of rotatable bonds is 4. The van der Waals surface area contributed by atoms with Gasteiger partial charge in [-0.2, -0.15) is 0 Å². The van der Waals surface area contributed by atoms with E-state index in [9.17, 15) is 0 Å². The number of hydrogen-bond acceptors (Lipinski definition) is 4. The van der Waals surface area contributed by atoms with Crippen LogP contribution in [0.5, 0.6) is 0 Å². The van der Waals surface area contributed by atoms with Crippen molar-refractivity contribution in [2.45, 2.75) is 6.54 Å². The zero-order valence-corrected chi connectivity index (χ0v) is 9.68. The van der Waals surface area contributed by atoms with Crippen molar-refractivity contribution in [3.8, 4) is 11.8 Å². The SMILES string of the molecule is CN(CCO)Cc1sccc1C#CCN. The molecule has 1 aromatic rings. The highest BCUT2D eigenvalue weighted by molar-refractivity contribution is 7.10. The van der Waals surface area contributed by atoms with Crippen LogP contribution in [-0.2, 0) is 6.54 Å². The van der Waals surface area contributed by atoms with Crippen molar-refractivity contribution in [3.63, 3.8) is 0 Å². The Bertz CT molecular complexity index is 351. The number of aliphatic hydroxyl groups excluding tert-OH is 1. The summed E-state index contributed by atoms with van der Waals surface area (Å²) in [4.78, 5) is 3.30. The molecule has 15 heavy (non-hydrogen) atoms. The van der Waals surface area contributed by atoms with Crippen molar-refractivity contribution in [2.75, 3.05) is 26.7 Å². The Morgan fingerprint density at radius 1 is 1.60 bits per heavy atom. The van der Waals surface area contributed by atoms with Crippen LogP contribution in [0.3, 0.4) is 0 Å². The summed E-state index contributed by atoms with van der Waals surface area (Å²) >= 11 is 1.69. The zero-order chi connectivity index (χ0) is 11.1. The summed E-state index contributed by atoms with van der Waals surface area (Å²) in [5, 5.41) is 10.8. The number of nitrogens with zero attached hydrogens (tertiary/aromatic N) is 1. The van der Waals surface area contributed by atoms with E-state index >= 15 is 0 Å². The largest absolute Gasteiger partial charge is 0.395 e. The molecule has 0 saturated carbocycles. The van der Waals surface area contributed by atoms with Crippen LogP contribution in [0.15, 0.2) is 11.4 Å². The average Bonchev–Trinajstić information content (AvgIpc) is 2.63. The number of thiophene rings is 1. The lowest BCUT2D eigenvalue weighted by Gasteiger charge is -2.13. The van der Waals surface area contributed by atoms with Gasteiger partial charge >= 0.3 is 0 Å². The van der Waals surface area contributed by atoms with Crippen molar-refractivity contribution < 1.29 is 5.11 Å². The van der Waals surface area contributed by atoms with Gasteiger partial charge in [-0.15, -0.1) is 11.3 Å². The number of likely N-dealkylation sites (N-methyl/N-ethyl adjacent to an activating group) is 1. The van der Waals surface area contributed by atoms with Gasteiger partial charge in [0.2, 0.25) is 0 Å². The first-order valence-electron chi connectivity index (χ1n) is 4.82. The second-order valence-corrected chi connectivity index (χ2v) is 4.23. The van der Waals surface area contributed by atoms with E-state index in [1.54, 1.807) is 11.3 Å². The van der Waals surface area contributed by atoms with Crippen molar-refractivity contribution >= 4 is 11.3 Å². The standard InChI is InChI=1S/C11H16N2OS/c1-13(6-7-14)9-11-10(3-2-5-12)4-8-15-11/h4,8,14H,5-7,9,12H2,1H3. The number of hydrogen-bond donors (Lipinski definition) is 2. The summed E-state index contributed by atoms with van der Waals surface area (Å²) in [6, 6.07) is 2.01. The van der Waals surface area contributed by atoms with E-state index in [4.69, 9.17) is 10.8 Å². The molecule has 0 bridgehead atoms. The first-order chi connectivity index (χ1) is 7.27. The normalized spacial score (nSPS) is 10.1. The molecule has 0 atom stereocenters. The fourth-order valence-electron chi connectivity index (χ4n) is 1.22. The maximum atomic E-state index is 8.79. The number of aliphatic hydroxyl groups is 1. The van der Waals surface area contributed by atoms with Crippen LogP contribution < -0.4 is 5.73 Å². The van der Waals surface area contributed by atoms with E-state index in [2.05, 4.69) is 16.7 Å². The van der Waals surface area contributed by atoms with Gasteiger partial charge in [0.1, 0.15) is 0 Å². The van der Waals surface area contributed by atoms with Gasteiger partial charge in [0.15, 0.2) is 0 Å². The van der Waals surface area contributed by atoms with Crippen LogP contribution in [0.2, 0.25) is 0 Å². The quantitative estimate of drug-likeness (QED) is 0.732. The van der Waals surface area contributed by atoms with E-state index in [0.717, 1.165) is 12.1 Å². The molecule has 3 nitrogen and oxygen atoms in total. The van der Waals surface area contributed by atoms with E-state index in [1.165, 1.54) is 4.88 Å². The Balaban J connectivity index is 2.64. The molecule has 82 valence electrons. The smallest absolute Gasteiger partial charge is 0.0558 e. The summed E-state index contributed by atoms with van der Waals surface area (Å²) in [5.41, 5.74) is 6.38. The molecule has 0 radical (unpaired) electrons. The first kappa shape index (κ1) is 12.2. The molecule has 0 spiro atoms. The minimum absolute atomic E-state index is 0.186. The Morgan fingerprint density at radius 3 is 3.07 bits per heavy atom. The molecule has 0 aliphatic heterocycles. The van der Waals surface area contributed by atoms with E-state index in [1.807, 2.05) is 18.5 Å². The molecule has 3 N–H and O–H groups in total. The molecule has 0 aliphatic rings. The van der Waals surface area contributed by atoms with Gasteiger partial charge in [-0.05, 0) is 18.5 Å². The molecule has 0 amide bonds. The molecule has 4 heteroatoms. The molecule has 0 aliphatic carbocycles. The van der Waals surface area contributed by atoms with E-state index in [-0.39, 0.29) is 6.61 Å². The fourth-order valence-corrected chi connectivity index (χ4v) is 2.12. The summed E-state index contributed by atoms with van der Waals surface area (Å²) in [5.74, 6) is 5.90. The third-order valence-corrected chi connectivity index (χ3v) is 2.87. The van der Waals surface area contributed by atoms with Gasteiger partial charge in [0.05, 0.1) is 13.2 Å². The zero-order valence-electron chi connectivity index (χ0n) is 8.86. The van der Waals surface area contributed by atoms with Crippen molar-refractivity contribution in [2.24, 2.45) is 5.73 Å². The molecule has 0 saturated heterocycles. The molecule has 1 aromatic heterocycles. The first-order valence-corrected chi connectivity index (χ1v) is 5.70. The van der Waals surface area contributed by atoms with Gasteiger partial charge in [-0.3, -0.25) is 4.90 Å². The summed E-state index contributed by atoms with van der Waals surface area (Å²) in [6.07, 6.45) is 0. The maximum Gasteiger partial charge on any atom is 0.0558 e. The van der Waals surface area contributed by atoms with Crippen LogP contribution in [-0.4, -0.2) is 36.8 Å². The lowest BCUT2D eigenvalue weighted by molar-refractivity contribution is 0.218. The second-order valence-electron chi connectivity index (χ2n) is 3.22. The van der Waals surface area contributed by atoms with Crippen LogP contribution >= 0.6 is 11.3 Å². The number of nitrogens with two attached hydrogens (primary N) is 1. The highest BCUT2D eigenvalue weighted by Crippen LogP contribution is 2.17. The Kier molecular flexibility index (Phi) is 5.37. The third kappa shape index (κ3) is 4.02. The van der Waals surface area contributed by atoms with Crippen LogP contribution in [0, 0.1) is 11.8 Å². The maximum absolute atomic E-state index is 8.79. The minimum Gasteiger partial charge on any atom is -0.395 e. The second kappa shape index (κ2) is 6.59. The monoisotopic (exact) mass is 224 g/mol.